The number of hydrogen-bond donors (Lipinski definition) is 0. The quantitative estimate of drug-likeness (QED) is 0.187. The molecule has 0 radical (unpaired) electrons. The molecule has 0 saturated heterocycles. The van der Waals surface area contributed by atoms with Gasteiger partial charge in [0.25, 0.3) is 5.91 Å². The predicted molar refractivity (Wildman–Crippen MR) is 134 cm³/mol. The van der Waals surface area contributed by atoms with Gasteiger partial charge in [-0.3, -0.25) is 9.63 Å². The number of esters is 1. The number of rotatable bonds is 8. The van der Waals surface area contributed by atoms with E-state index in [1.807, 2.05) is 0 Å². The van der Waals surface area contributed by atoms with Crippen molar-refractivity contribution < 1.29 is 55.0 Å². The SMILES string of the molecule is CC(C)OC(=O)c1ccc(C(F)(F)F)cc1OC(C)C.CON(C)C(=O)c1ccc(C(F)(F)F)cc1OC(C)C. The van der Waals surface area contributed by atoms with E-state index in [2.05, 4.69) is 0 Å². The maximum Gasteiger partial charge on any atom is 0.416 e. The van der Waals surface area contributed by atoms with Crippen molar-refractivity contribution in [2.75, 3.05) is 14.2 Å². The van der Waals surface area contributed by atoms with Gasteiger partial charge in [-0.2, -0.15) is 26.3 Å². The third-order valence-corrected chi connectivity index (χ3v) is 4.70. The smallest absolute Gasteiger partial charge is 0.416 e. The molecule has 0 aliphatic rings. The van der Waals surface area contributed by atoms with Crippen molar-refractivity contribution in [3.63, 3.8) is 0 Å². The van der Waals surface area contributed by atoms with Crippen LogP contribution in [-0.2, 0) is 21.9 Å². The summed E-state index contributed by atoms with van der Waals surface area (Å²) in [4.78, 5) is 28.5. The summed E-state index contributed by atoms with van der Waals surface area (Å²) in [6.07, 6.45) is -10.1. The zero-order chi connectivity index (χ0) is 31.0. The number of hydrogen-bond acceptors (Lipinski definition) is 6. The zero-order valence-corrected chi connectivity index (χ0v) is 23.4. The highest BCUT2D eigenvalue weighted by atomic mass is 19.4. The first-order chi connectivity index (χ1) is 18.3. The molecule has 13 heteroatoms. The van der Waals surface area contributed by atoms with Gasteiger partial charge < -0.3 is 14.2 Å². The van der Waals surface area contributed by atoms with Gasteiger partial charge in [-0.25, -0.2) is 9.86 Å². The molecule has 0 N–H and O–H groups in total. The molecule has 1 amide bonds. The monoisotopic (exact) mass is 581 g/mol. The Morgan fingerprint density at radius 2 is 1.10 bits per heavy atom. The van der Waals surface area contributed by atoms with E-state index in [-0.39, 0.29) is 40.9 Å². The third-order valence-electron chi connectivity index (χ3n) is 4.70. The number of halogens is 6. The molecule has 40 heavy (non-hydrogen) atoms. The Morgan fingerprint density at radius 1 is 0.700 bits per heavy atom. The summed E-state index contributed by atoms with van der Waals surface area (Å²) in [5, 5.41) is 0.912. The first-order valence-electron chi connectivity index (χ1n) is 12.1. The van der Waals surface area contributed by atoms with E-state index in [0.717, 1.165) is 41.5 Å². The summed E-state index contributed by atoms with van der Waals surface area (Å²) in [7, 11) is 2.64. The number of carbonyl (C=O) groups is 2. The van der Waals surface area contributed by atoms with Gasteiger partial charge in [-0.15, -0.1) is 0 Å². The Kier molecular flexibility index (Phi) is 12.3. The largest absolute Gasteiger partial charge is 0.490 e. The van der Waals surface area contributed by atoms with E-state index in [1.165, 1.54) is 14.2 Å². The molecule has 0 fully saturated rings. The van der Waals surface area contributed by atoms with E-state index in [1.54, 1.807) is 41.5 Å². The van der Waals surface area contributed by atoms with Gasteiger partial charge >= 0.3 is 18.3 Å². The Bertz CT molecular complexity index is 1150. The van der Waals surface area contributed by atoms with Crippen LogP contribution in [0.2, 0.25) is 0 Å². The third kappa shape index (κ3) is 10.6. The molecule has 0 bridgehead atoms. The minimum absolute atomic E-state index is 0.0102. The molecule has 224 valence electrons. The number of nitrogens with zero attached hydrogens (tertiary/aromatic N) is 1. The highest BCUT2D eigenvalue weighted by molar-refractivity contribution is 5.96. The van der Waals surface area contributed by atoms with Gasteiger partial charge in [0, 0.05) is 7.05 Å². The summed E-state index contributed by atoms with van der Waals surface area (Å²) in [6, 6.07) is 5.46. The fourth-order valence-corrected chi connectivity index (χ4v) is 2.98. The second kappa shape index (κ2) is 14.2. The Balaban J connectivity index is 0.000000400. The van der Waals surface area contributed by atoms with Crippen molar-refractivity contribution >= 4 is 11.9 Å². The van der Waals surface area contributed by atoms with Crippen LogP contribution in [0.5, 0.6) is 11.5 Å². The second-order valence-electron chi connectivity index (χ2n) is 9.19. The summed E-state index contributed by atoms with van der Waals surface area (Å²) >= 11 is 0. The van der Waals surface area contributed by atoms with Crippen LogP contribution >= 0.6 is 0 Å². The van der Waals surface area contributed by atoms with Crippen LogP contribution in [0.1, 0.15) is 73.4 Å². The summed E-state index contributed by atoms with van der Waals surface area (Å²) < 4.78 is 91.7. The number of ether oxygens (including phenoxy) is 3. The average molecular weight is 582 g/mol. The number of amides is 1. The fraction of sp³-hybridized carbons (Fsp3) is 0.481. The summed E-state index contributed by atoms with van der Waals surface area (Å²) in [5.41, 5.74) is -1.74. The van der Waals surface area contributed by atoms with Crippen LogP contribution in [0.4, 0.5) is 26.3 Å². The topological polar surface area (TPSA) is 74.3 Å². The molecule has 0 atom stereocenters. The van der Waals surface area contributed by atoms with Crippen LogP contribution in [0.15, 0.2) is 36.4 Å². The van der Waals surface area contributed by atoms with Crippen molar-refractivity contribution in [2.45, 2.75) is 72.2 Å². The lowest BCUT2D eigenvalue weighted by molar-refractivity contribution is -0.138. The first kappa shape index (κ1) is 34.5. The van der Waals surface area contributed by atoms with Crippen molar-refractivity contribution in [3.05, 3.63) is 58.7 Å². The van der Waals surface area contributed by atoms with E-state index in [0.29, 0.717) is 0 Å². The van der Waals surface area contributed by atoms with E-state index in [4.69, 9.17) is 19.0 Å². The molecule has 0 aromatic heterocycles. The standard InChI is InChI=1S/C14H17F3O3.C13H16F3NO3/c1-8(2)19-12-7-10(14(15,16)17)5-6-11(12)13(18)20-9(3)4;1-8(2)20-11-7-9(13(14,15)16)5-6-10(11)12(18)17(3)19-4/h5-9H,1-4H3;5-8H,1-4H3. The maximum absolute atomic E-state index is 12.7. The predicted octanol–water partition coefficient (Wildman–Crippen LogP) is 7.18. The number of hydroxylamine groups is 2. The van der Waals surface area contributed by atoms with Crippen LogP contribution in [0.25, 0.3) is 0 Å². The molecule has 2 rings (SSSR count). The number of carbonyl (C=O) groups excluding carboxylic acids is 2. The van der Waals surface area contributed by atoms with Crippen molar-refractivity contribution in [3.8, 4) is 11.5 Å². The molecule has 0 unspecified atom stereocenters. The Labute approximate surface area is 228 Å². The molecule has 0 saturated carbocycles. The second-order valence-corrected chi connectivity index (χ2v) is 9.19. The van der Waals surface area contributed by atoms with E-state index in [9.17, 15) is 35.9 Å². The fourth-order valence-electron chi connectivity index (χ4n) is 2.98. The molecular weight excluding hydrogens is 548 g/mol. The van der Waals surface area contributed by atoms with Gasteiger partial charge in [0.15, 0.2) is 0 Å². The van der Waals surface area contributed by atoms with Crippen LogP contribution in [0.3, 0.4) is 0 Å². The zero-order valence-electron chi connectivity index (χ0n) is 23.4. The van der Waals surface area contributed by atoms with Crippen LogP contribution < -0.4 is 9.47 Å². The van der Waals surface area contributed by atoms with Crippen molar-refractivity contribution in [1.82, 2.24) is 5.06 Å². The average Bonchev–Trinajstić information content (AvgIpc) is 2.81. The molecule has 2 aromatic rings. The minimum Gasteiger partial charge on any atom is -0.490 e. The summed E-state index contributed by atoms with van der Waals surface area (Å²) in [5.74, 6) is -1.54. The van der Waals surface area contributed by atoms with Crippen molar-refractivity contribution in [2.24, 2.45) is 0 Å². The lowest BCUT2D eigenvalue weighted by atomic mass is 10.1. The Morgan fingerprint density at radius 3 is 1.45 bits per heavy atom. The molecule has 0 heterocycles. The van der Waals surface area contributed by atoms with Crippen molar-refractivity contribution in [1.29, 1.82) is 0 Å². The lowest BCUT2D eigenvalue weighted by Crippen LogP contribution is -2.26. The molecule has 2 aromatic carbocycles. The normalized spacial score (nSPS) is 11.7. The van der Waals surface area contributed by atoms with E-state index >= 15 is 0 Å². The highest BCUT2D eigenvalue weighted by Gasteiger charge is 2.33. The molecule has 7 nitrogen and oxygen atoms in total. The molecule has 0 spiro atoms. The van der Waals surface area contributed by atoms with Crippen LogP contribution in [-0.4, -0.2) is 49.4 Å². The first-order valence-corrected chi connectivity index (χ1v) is 12.1. The van der Waals surface area contributed by atoms with Gasteiger partial charge in [0.1, 0.15) is 17.1 Å². The molecular formula is C27H33F6NO6. The van der Waals surface area contributed by atoms with Gasteiger partial charge in [-0.05, 0) is 77.9 Å². The van der Waals surface area contributed by atoms with Gasteiger partial charge in [-0.1, -0.05) is 0 Å². The number of benzene rings is 2. The minimum atomic E-state index is -4.50. The Hall–Kier alpha value is -3.48. The maximum atomic E-state index is 12.7. The van der Waals surface area contributed by atoms with E-state index < -0.39 is 35.4 Å². The molecule has 0 aliphatic carbocycles. The highest BCUT2D eigenvalue weighted by Crippen LogP contribution is 2.35. The molecule has 0 aliphatic heterocycles. The summed E-state index contributed by atoms with van der Waals surface area (Å²) in [6.45, 7) is 9.97. The van der Waals surface area contributed by atoms with Gasteiger partial charge in [0.05, 0.1) is 42.1 Å². The van der Waals surface area contributed by atoms with Crippen LogP contribution in [0, 0.1) is 0 Å². The van der Waals surface area contributed by atoms with Gasteiger partial charge in [0.2, 0.25) is 0 Å². The lowest BCUT2D eigenvalue weighted by Gasteiger charge is -2.19. The number of alkyl halides is 6.